The highest BCUT2D eigenvalue weighted by Gasteiger charge is 2.40. The molecule has 1 aliphatic carbocycles. The summed E-state index contributed by atoms with van der Waals surface area (Å²) in [7, 11) is -1.59. The van der Waals surface area contributed by atoms with Crippen LogP contribution in [0.2, 0.25) is 0 Å². The number of carboxylic acids is 1. The molecule has 0 unspecified atom stereocenters. The standard InChI is InChI=1S/C33H46N2O6S2.CH4/c1-23-9-7-8-12-28(23)30-17-25(13-14-29(30)32(36)34-31(33(37)38)15-16-42-3)19-35-20-27(18-26(35)21-41-2)43(39,40)22-24-10-5-4-6-11-24;/h7-9,12-14,17,24,26-27,31H,4-6,10-11,15-16,18-22H2,1-3H3,(H,34,36)(H,37,38);1H4/t26-,27-,31+;/m1./s1. The Morgan fingerprint density at radius 1 is 1.11 bits per heavy atom. The number of aryl methyl sites for hydroxylation is 1. The zero-order valence-corrected chi connectivity index (χ0v) is 27.2. The van der Waals surface area contributed by atoms with E-state index in [9.17, 15) is 23.1 Å². The van der Waals surface area contributed by atoms with Gasteiger partial charge in [-0.25, -0.2) is 13.2 Å². The lowest BCUT2D eigenvalue weighted by Crippen LogP contribution is -2.41. The molecule has 8 nitrogen and oxygen atoms in total. The number of nitrogens with zero attached hydrogens (tertiary/aromatic N) is 1. The SMILES string of the molecule is C.COC[C@H]1C[C@@H](S(=O)(=O)CC2CCCCC2)CN1Cc1ccc(C(=O)N[C@@H](CCSC)C(=O)O)c(-c2ccccc2C)c1. The molecule has 1 saturated carbocycles. The van der Waals surface area contributed by atoms with Crippen molar-refractivity contribution < 1.29 is 27.9 Å². The molecule has 10 heteroatoms. The maximum Gasteiger partial charge on any atom is 0.326 e. The number of ether oxygens (including phenoxy) is 1. The fourth-order valence-corrected chi connectivity index (χ4v) is 9.19. The van der Waals surface area contributed by atoms with Crippen LogP contribution < -0.4 is 5.32 Å². The molecular weight excluding hydrogens is 597 g/mol. The van der Waals surface area contributed by atoms with Gasteiger partial charge >= 0.3 is 5.97 Å². The minimum absolute atomic E-state index is 0. The van der Waals surface area contributed by atoms with Gasteiger partial charge in [-0.05, 0) is 84.9 Å². The molecule has 2 N–H and O–H groups in total. The number of hydrogen-bond donors (Lipinski definition) is 2. The van der Waals surface area contributed by atoms with Gasteiger partial charge in [-0.3, -0.25) is 9.69 Å². The number of benzene rings is 2. The Balaban J connectivity index is 0.00000529. The zero-order valence-electron chi connectivity index (χ0n) is 25.6. The number of sulfone groups is 1. The minimum Gasteiger partial charge on any atom is -0.480 e. The lowest BCUT2D eigenvalue weighted by molar-refractivity contribution is -0.139. The van der Waals surface area contributed by atoms with Gasteiger partial charge in [-0.2, -0.15) is 11.8 Å². The first kappa shape index (κ1) is 36.1. The van der Waals surface area contributed by atoms with Crippen molar-refractivity contribution in [3.8, 4) is 11.1 Å². The summed E-state index contributed by atoms with van der Waals surface area (Å²) in [4.78, 5) is 27.5. The largest absolute Gasteiger partial charge is 0.480 e. The van der Waals surface area contributed by atoms with Crippen molar-refractivity contribution in [3.05, 3.63) is 59.2 Å². The number of methoxy groups -OCH3 is 1. The molecule has 2 aromatic rings. The molecule has 2 aliphatic rings. The van der Waals surface area contributed by atoms with Crippen LogP contribution in [0.25, 0.3) is 11.1 Å². The Hall–Kier alpha value is -2.40. The molecule has 0 radical (unpaired) electrons. The van der Waals surface area contributed by atoms with E-state index in [2.05, 4.69) is 10.2 Å². The molecule has 3 atom stereocenters. The maximum atomic E-state index is 13.5. The van der Waals surface area contributed by atoms with Crippen molar-refractivity contribution in [1.29, 1.82) is 0 Å². The second-order valence-electron chi connectivity index (χ2n) is 12.1. The third-order valence-electron chi connectivity index (χ3n) is 8.91. The summed E-state index contributed by atoms with van der Waals surface area (Å²) in [6.45, 7) is 3.42. The minimum atomic E-state index is -3.24. The normalized spacial score (nSPS) is 20.2. The highest BCUT2D eigenvalue weighted by molar-refractivity contribution is 7.98. The van der Waals surface area contributed by atoms with Crippen molar-refractivity contribution in [2.45, 2.75) is 83.2 Å². The number of carbonyl (C=O) groups excluding carboxylic acids is 1. The summed E-state index contributed by atoms with van der Waals surface area (Å²) in [5.41, 5.74) is 3.99. The molecule has 44 heavy (non-hydrogen) atoms. The Morgan fingerprint density at radius 3 is 2.50 bits per heavy atom. The molecule has 0 bridgehead atoms. The summed E-state index contributed by atoms with van der Waals surface area (Å²) in [5.74, 6) is -0.309. The summed E-state index contributed by atoms with van der Waals surface area (Å²) >= 11 is 1.54. The molecule has 0 spiro atoms. The van der Waals surface area contributed by atoms with E-state index in [0.29, 0.717) is 43.9 Å². The van der Waals surface area contributed by atoms with Gasteiger partial charge in [0.15, 0.2) is 9.84 Å². The second-order valence-corrected chi connectivity index (χ2v) is 15.4. The van der Waals surface area contributed by atoms with Crippen molar-refractivity contribution in [1.82, 2.24) is 10.2 Å². The molecule has 1 saturated heterocycles. The van der Waals surface area contributed by atoms with Gasteiger partial charge in [0.05, 0.1) is 17.6 Å². The smallest absolute Gasteiger partial charge is 0.326 e. The summed E-state index contributed by atoms with van der Waals surface area (Å²) in [6.07, 6.45) is 8.24. The fourth-order valence-electron chi connectivity index (χ4n) is 6.53. The van der Waals surface area contributed by atoms with Crippen molar-refractivity contribution >= 4 is 33.5 Å². The van der Waals surface area contributed by atoms with E-state index >= 15 is 0 Å². The van der Waals surface area contributed by atoms with Crippen LogP contribution in [0.15, 0.2) is 42.5 Å². The summed E-state index contributed by atoms with van der Waals surface area (Å²) in [6, 6.07) is 12.5. The van der Waals surface area contributed by atoms with E-state index < -0.39 is 33.0 Å². The van der Waals surface area contributed by atoms with Gasteiger partial charge in [0.1, 0.15) is 6.04 Å². The van der Waals surface area contributed by atoms with Crippen LogP contribution in [-0.2, 0) is 25.9 Å². The number of amides is 1. The fraction of sp³-hybridized carbons (Fsp3) is 0.588. The summed E-state index contributed by atoms with van der Waals surface area (Å²) in [5, 5.41) is 12.0. The molecule has 2 fully saturated rings. The third-order valence-corrected chi connectivity index (χ3v) is 11.8. The van der Waals surface area contributed by atoms with Gasteiger partial charge in [-0.1, -0.05) is 57.0 Å². The molecule has 1 amide bonds. The number of aliphatic carboxylic acids is 1. The highest BCUT2D eigenvalue weighted by Crippen LogP contribution is 2.33. The lowest BCUT2D eigenvalue weighted by atomic mass is 9.91. The highest BCUT2D eigenvalue weighted by atomic mass is 32.2. The Labute approximate surface area is 268 Å². The molecule has 4 rings (SSSR count). The Bertz CT molecular complexity index is 1360. The number of thioether (sulfide) groups is 1. The molecule has 244 valence electrons. The molecule has 2 aromatic carbocycles. The average molecular weight is 647 g/mol. The monoisotopic (exact) mass is 646 g/mol. The van der Waals surface area contributed by atoms with Crippen LogP contribution in [0.4, 0.5) is 0 Å². The number of likely N-dealkylation sites (tertiary alicyclic amines) is 1. The molecule has 1 heterocycles. The zero-order chi connectivity index (χ0) is 31.0. The Morgan fingerprint density at radius 2 is 1.84 bits per heavy atom. The average Bonchev–Trinajstić information content (AvgIpc) is 3.39. The Kier molecular flexibility index (Phi) is 13.8. The van der Waals surface area contributed by atoms with Gasteiger partial charge in [0, 0.05) is 31.8 Å². The van der Waals surface area contributed by atoms with Crippen LogP contribution in [0, 0.1) is 12.8 Å². The first-order valence-corrected chi connectivity index (χ1v) is 18.4. The van der Waals surface area contributed by atoms with Crippen LogP contribution in [0.3, 0.4) is 0 Å². The third kappa shape index (κ3) is 9.31. The molecule has 1 aliphatic heterocycles. The topological polar surface area (TPSA) is 113 Å². The van der Waals surface area contributed by atoms with E-state index in [1.54, 1.807) is 13.2 Å². The summed E-state index contributed by atoms with van der Waals surface area (Å²) < 4.78 is 32.5. The number of carbonyl (C=O) groups is 2. The van der Waals surface area contributed by atoms with E-state index in [1.807, 2.05) is 49.6 Å². The second kappa shape index (κ2) is 16.8. The molecular formula is C34H50N2O6S2. The number of rotatable bonds is 14. The first-order valence-electron chi connectivity index (χ1n) is 15.3. The predicted molar refractivity (Wildman–Crippen MR) is 180 cm³/mol. The van der Waals surface area contributed by atoms with Crippen molar-refractivity contribution in [2.75, 3.05) is 38.0 Å². The van der Waals surface area contributed by atoms with Crippen LogP contribution >= 0.6 is 11.8 Å². The van der Waals surface area contributed by atoms with E-state index in [-0.39, 0.29) is 25.1 Å². The van der Waals surface area contributed by atoms with Crippen molar-refractivity contribution in [2.24, 2.45) is 5.92 Å². The number of nitrogens with one attached hydrogen (secondary N) is 1. The van der Waals surface area contributed by atoms with Crippen molar-refractivity contribution in [3.63, 3.8) is 0 Å². The van der Waals surface area contributed by atoms with Gasteiger partial charge in [0.2, 0.25) is 0 Å². The van der Waals surface area contributed by atoms with E-state index in [4.69, 9.17) is 4.74 Å². The maximum absolute atomic E-state index is 13.5. The number of hydrogen-bond acceptors (Lipinski definition) is 7. The van der Waals surface area contributed by atoms with Gasteiger partial charge < -0.3 is 15.2 Å². The van der Waals surface area contributed by atoms with E-state index in [0.717, 1.165) is 47.9 Å². The van der Waals surface area contributed by atoms with Gasteiger partial charge in [-0.15, -0.1) is 0 Å². The van der Waals surface area contributed by atoms with E-state index in [1.165, 1.54) is 18.2 Å². The van der Waals surface area contributed by atoms with Crippen LogP contribution in [0.1, 0.15) is 73.9 Å². The predicted octanol–water partition coefficient (Wildman–Crippen LogP) is 5.82. The lowest BCUT2D eigenvalue weighted by Gasteiger charge is -2.25. The first-order chi connectivity index (χ1) is 20.6. The van der Waals surface area contributed by atoms with Gasteiger partial charge in [0.25, 0.3) is 5.91 Å². The molecule has 0 aromatic heterocycles. The van der Waals surface area contributed by atoms with Crippen LogP contribution in [0.5, 0.6) is 0 Å². The quantitative estimate of drug-likeness (QED) is 0.264. The number of carboxylic acid groups (broad SMARTS) is 1. The van der Waals surface area contributed by atoms with Crippen LogP contribution in [-0.4, -0.2) is 85.7 Å².